The van der Waals surface area contributed by atoms with Crippen molar-refractivity contribution in [2.24, 2.45) is 0 Å². The van der Waals surface area contributed by atoms with Crippen molar-refractivity contribution in [3.05, 3.63) is 84.0 Å². The number of carbonyl (C=O) groups is 2. The molecule has 2 aromatic carbocycles. The molecule has 5 rings (SSSR count). The molecule has 1 unspecified atom stereocenters. The molecule has 1 fully saturated rings. The van der Waals surface area contributed by atoms with Crippen molar-refractivity contribution in [2.45, 2.75) is 18.9 Å². The number of piperazine rings is 1. The molecule has 1 atom stereocenters. The van der Waals surface area contributed by atoms with Crippen LogP contribution in [0.25, 0.3) is 5.95 Å². The second kappa shape index (κ2) is 13.9. The van der Waals surface area contributed by atoms with Gasteiger partial charge in [-0.3, -0.25) is 9.36 Å². The lowest BCUT2D eigenvalue weighted by Crippen LogP contribution is -2.57. The fraction of sp³-hybridized carbons (Fsp3) is 0.300. The highest BCUT2D eigenvalue weighted by Gasteiger charge is 2.32. The molecule has 12 nitrogen and oxygen atoms in total. The largest absolute Gasteiger partial charge is 0.497 e. The van der Waals surface area contributed by atoms with Gasteiger partial charge in [-0.15, -0.1) is 0 Å². The van der Waals surface area contributed by atoms with Crippen LogP contribution in [0, 0.1) is 0 Å². The predicted octanol–water partition coefficient (Wildman–Crippen LogP) is 3.80. The number of urea groups is 1. The lowest BCUT2D eigenvalue weighted by Gasteiger charge is -2.42. The summed E-state index contributed by atoms with van der Waals surface area (Å²) in [7, 11) is 3.21. The molecule has 0 radical (unpaired) electrons. The third-order valence-corrected chi connectivity index (χ3v) is 7.30. The first-order chi connectivity index (χ1) is 20.9. The summed E-state index contributed by atoms with van der Waals surface area (Å²) in [6.45, 7) is 1.62. The SMILES string of the molecule is COc1ccc(NC(=O)N2CCN(c3cc(Cl)nc(-n4ccnc4)n3)C(CC(=O)NCCc3cccc(OC)c3)C2)cc1. The standard InChI is InChI=1S/C30H33ClN8O4/c1-42-24-8-6-22(7-9-24)34-30(41)37-14-15-39(27-18-26(31)35-29(36-27)38-13-12-32-20-38)23(19-37)17-28(40)33-11-10-21-4-3-5-25(16-21)43-2/h3-9,12-13,16,18,20,23H,10-11,14-15,17,19H2,1-2H3,(H,33,40)(H,34,41). The maximum atomic E-state index is 13.2. The molecule has 13 heteroatoms. The van der Waals surface area contributed by atoms with E-state index in [9.17, 15) is 9.59 Å². The van der Waals surface area contributed by atoms with E-state index in [4.69, 9.17) is 26.1 Å². The van der Waals surface area contributed by atoms with Gasteiger partial charge in [0.25, 0.3) is 0 Å². The molecule has 3 amide bonds. The molecule has 224 valence electrons. The summed E-state index contributed by atoms with van der Waals surface area (Å²) >= 11 is 6.40. The normalized spacial score (nSPS) is 14.7. The zero-order valence-electron chi connectivity index (χ0n) is 23.9. The number of amides is 3. The van der Waals surface area contributed by atoms with Gasteiger partial charge < -0.3 is 29.9 Å². The third kappa shape index (κ3) is 7.72. The minimum Gasteiger partial charge on any atom is -0.497 e. The number of rotatable bonds is 10. The Labute approximate surface area is 254 Å². The second-order valence-electron chi connectivity index (χ2n) is 9.93. The molecule has 4 aromatic rings. The Hall–Kier alpha value is -4.84. The molecule has 2 N–H and O–H groups in total. The Bertz CT molecular complexity index is 1530. The lowest BCUT2D eigenvalue weighted by molar-refractivity contribution is -0.121. The molecule has 0 spiro atoms. The van der Waals surface area contributed by atoms with Gasteiger partial charge in [0, 0.05) is 56.7 Å². The Morgan fingerprint density at radius 1 is 1.02 bits per heavy atom. The number of carbonyl (C=O) groups excluding carboxylic acids is 2. The number of methoxy groups -OCH3 is 2. The van der Waals surface area contributed by atoms with Crippen LogP contribution < -0.4 is 25.0 Å². The number of nitrogens with one attached hydrogen (secondary N) is 2. The molecule has 1 aliphatic rings. The van der Waals surface area contributed by atoms with E-state index in [0.29, 0.717) is 55.8 Å². The van der Waals surface area contributed by atoms with Gasteiger partial charge in [-0.2, -0.15) is 4.98 Å². The maximum absolute atomic E-state index is 13.2. The van der Waals surface area contributed by atoms with Crippen molar-refractivity contribution < 1.29 is 19.1 Å². The number of ether oxygens (including phenoxy) is 2. The van der Waals surface area contributed by atoms with E-state index in [-0.39, 0.29) is 29.6 Å². The van der Waals surface area contributed by atoms with Crippen LogP contribution in [0.3, 0.4) is 0 Å². The number of hydrogen-bond donors (Lipinski definition) is 2. The summed E-state index contributed by atoms with van der Waals surface area (Å²) in [4.78, 5) is 43.2. The summed E-state index contributed by atoms with van der Waals surface area (Å²) in [6, 6.07) is 15.9. The molecule has 3 heterocycles. The predicted molar refractivity (Wildman–Crippen MR) is 163 cm³/mol. The highest BCUT2D eigenvalue weighted by molar-refractivity contribution is 6.29. The minimum absolute atomic E-state index is 0.134. The van der Waals surface area contributed by atoms with E-state index in [0.717, 1.165) is 11.3 Å². The van der Waals surface area contributed by atoms with E-state index in [1.165, 1.54) is 0 Å². The number of halogens is 1. The van der Waals surface area contributed by atoms with Gasteiger partial charge in [0.1, 0.15) is 28.8 Å². The van der Waals surface area contributed by atoms with Crippen LogP contribution in [0.2, 0.25) is 5.15 Å². The van der Waals surface area contributed by atoms with Crippen LogP contribution in [0.1, 0.15) is 12.0 Å². The van der Waals surface area contributed by atoms with E-state index in [2.05, 4.69) is 20.6 Å². The topological polar surface area (TPSA) is 127 Å². The van der Waals surface area contributed by atoms with Crippen LogP contribution >= 0.6 is 11.6 Å². The quantitative estimate of drug-likeness (QED) is 0.262. The third-order valence-electron chi connectivity index (χ3n) is 7.10. The summed E-state index contributed by atoms with van der Waals surface area (Å²) in [5.41, 5.74) is 1.70. The van der Waals surface area contributed by atoms with Crippen LogP contribution in [0.4, 0.5) is 16.3 Å². The van der Waals surface area contributed by atoms with Crippen molar-refractivity contribution in [1.82, 2.24) is 29.7 Å². The lowest BCUT2D eigenvalue weighted by atomic mass is 10.1. The highest BCUT2D eigenvalue weighted by Crippen LogP contribution is 2.25. The summed E-state index contributed by atoms with van der Waals surface area (Å²) in [6.07, 6.45) is 5.74. The maximum Gasteiger partial charge on any atom is 0.321 e. The number of nitrogens with zero attached hydrogens (tertiary/aromatic N) is 6. The van der Waals surface area contributed by atoms with E-state index in [1.807, 2.05) is 29.2 Å². The van der Waals surface area contributed by atoms with E-state index in [1.54, 1.807) is 72.7 Å². The highest BCUT2D eigenvalue weighted by atomic mass is 35.5. The molecule has 1 aliphatic heterocycles. The fourth-order valence-corrected chi connectivity index (χ4v) is 5.06. The molecule has 1 saturated heterocycles. The number of imidazole rings is 1. The summed E-state index contributed by atoms with van der Waals surface area (Å²) < 4.78 is 12.2. The smallest absolute Gasteiger partial charge is 0.321 e. The monoisotopic (exact) mass is 604 g/mol. The van der Waals surface area contributed by atoms with Gasteiger partial charge in [0.2, 0.25) is 11.9 Å². The Kier molecular flexibility index (Phi) is 9.57. The summed E-state index contributed by atoms with van der Waals surface area (Å²) in [5, 5.41) is 6.21. The van der Waals surface area contributed by atoms with Crippen molar-refractivity contribution >= 4 is 35.0 Å². The average molecular weight is 605 g/mol. The van der Waals surface area contributed by atoms with Gasteiger partial charge in [0.05, 0.1) is 20.3 Å². The van der Waals surface area contributed by atoms with Gasteiger partial charge in [-0.05, 0) is 48.4 Å². The number of hydrogen-bond acceptors (Lipinski definition) is 8. The molecule has 43 heavy (non-hydrogen) atoms. The van der Waals surface area contributed by atoms with Gasteiger partial charge >= 0.3 is 6.03 Å². The van der Waals surface area contributed by atoms with E-state index < -0.39 is 0 Å². The number of anilines is 2. The van der Waals surface area contributed by atoms with E-state index >= 15 is 0 Å². The summed E-state index contributed by atoms with van der Waals surface area (Å²) in [5.74, 6) is 2.26. The van der Waals surface area contributed by atoms with Crippen LogP contribution in [0.15, 0.2) is 73.3 Å². The average Bonchev–Trinajstić information content (AvgIpc) is 3.57. The minimum atomic E-state index is -0.367. The molecule has 0 saturated carbocycles. The van der Waals surface area contributed by atoms with Gasteiger partial charge in [-0.25, -0.2) is 14.8 Å². The first-order valence-electron chi connectivity index (χ1n) is 13.8. The number of aromatic nitrogens is 4. The van der Waals surface area contributed by atoms with Crippen LogP contribution in [-0.2, 0) is 11.2 Å². The zero-order valence-corrected chi connectivity index (χ0v) is 24.7. The van der Waals surface area contributed by atoms with Crippen molar-refractivity contribution in [3.8, 4) is 17.4 Å². The molecule has 0 aliphatic carbocycles. The van der Waals surface area contributed by atoms with Crippen molar-refractivity contribution in [2.75, 3.05) is 50.6 Å². The molecule has 2 aromatic heterocycles. The fourth-order valence-electron chi connectivity index (χ4n) is 4.89. The number of benzene rings is 2. The zero-order chi connectivity index (χ0) is 30.2. The first kappa shape index (κ1) is 29.6. The van der Waals surface area contributed by atoms with Crippen molar-refractivity contribution in [3.63, 3.8) is 0 Å². The Morgan fingerprint density at radius 2 is 1.84 bits per heavy atom. The molecule has 0 bridgehead atoms. The first-order valence-corrected chi connectivity index (χ1v) is 14.2. The Morgan fingerprint density at radius 3 is 2.58 bits per heavy atom. The van der Waals surface area contributed by atoms with Gasteiger partial charge in [-0.1, -0.05) is 23.7 Å². The van der Waals surface area contributed by atoms with Crippen LogP contribution in [0.5, 0.6) is 11.5 Å². The second-order valence-corrected chi connectivity index (χ2v) is 10.3. The Balaban J connectivity index is 1.30. The van der Waals surface area contributed by atoms with Crippen LogP contribution in [-0.4, -0.2) is 82.8 Å². The van der Waals surface area contributed by atoms with Crippen molar-refractivity contribution in [1.29, 1.82) is 0 Å². The van der Waals surface area contributed by atoms with Gasteiger partial charge in [0.15, 0.2) is 0 Å². The molecular formula is C30H33ClN8O4. The molecular weight excluding hydrogens is 572 g/mol.